The number of aromatic nitrogens is 1. The molecule has 4 rings (SSSR count). The predicted octanol–water partition coefficient (Wildman–Crippen LogP) is 4.36. The van der Waals surface area contributed by atoms with E-state index >= 15 is 0 Å². The molecule has 166 valence electrons. The van der Waals surface area contributed by atoms with Gasteiger partial charge in [0.2, 0.25) is 5.91 Å². The molecule has 0 saturated heterocycles. The highest BCUT2D eigenvalue weighted by molar-refractivity contribution is 8.01. The molecule has 32 heavy (non-hydrogen) atoms. The first-order valence-corrected chi connectivity index (χ1v) is 10.6. The molecule has 2 aromatic carbocycles. The normalized spacial score (nSPS) is 15.6. The highest BCUT2D eigenvalue weighted by Gasteiger charge is 2.32. The molecule has 6 nitrogen and oxygen atoms in total. The molecule has 1 unspecified atom stereocenters. The van der Waals surface area contributed by atoms with Crippen LogP contribution in [0.3, 0.4) is 0 Å². The minimum Gasteiger partial charge on any atom is -0.361 e. The number of halogens is 3. The first kappa shape index (κ1) is 21.9. The zero-order valence-corrected chi connectivity index (χ0v) is 17.9. The molecule has 0 bridgehead atoms. The highest BCUT2D eigenvalue weighted by atomic mass is 32.2. The van der Waals surface area contributed by atoms with Crippen molar-refractivity contribution in [1.29, 1.82) is 0 Å². The van der Waals surface area contributed by atoms with E-state index in [0.717, 1.165) is 4.90 Å². The molecule has 1 atom stereocenters. The third-order valence-corrected chi connectivity index (χ3v) is 6.11. The summed E-state index contributed by atoms with van der Waals surface area (Å²) in [6, 6.07) is 7.67. The molecule has 2 heterocycles. The van der Waals surface area contributed by atoms with Crippen molar-refractivity contribution >= 4 is 29.3 Å². The number of nitrogens with zero attached hydrogens (tertiary/aromatic N) is 2. The standard InChI is InChI=1S/C22H18F3N3O3S/c1-11-5-15(27-31-11)10-28-19-6-13(3-4-20(19)32-12(2)22(28)30)21(29)26-9-16-17(24)7-14(23)8-18(16)25/h3-8,12H,9-10H2,1-2H3,(H,26,29). The van der Waals surface area contributed by atoms with E-state index < -0.39 is 35.5 Å². The Labute approximate surface area is 185 Å². The number of anilines is 1. The van der Waals surface area contributed by atoms with Crippen molar-refractivity contribution < 1.29 is 27.3 Å². The van der Waals surface area contributed by atoms with Crippen LogP contribution >= 0.6 is 11.8 Å². The van der Waals surface area contributed by atoms with E-state index in [1.807, 2.05) is 0 Å². The number of carbonyl (C=O) groups excluding carboxylic acids is 2. The summed E-state index contributed by atoms with van der Waals surface area (Å²) in [4.78, 5) is 27.8. The average Bonchev–Trinajstić information content (AvgIpc) is 3.15. The van der Waals surface area contributed by atoms with Crippen LogP contribution in [0.2, 0.25) is 0 Å². The number of fused-ring (bicyclic) bond motifs is 1. The van der Waals surface area contributed by atoms with Crippen molar-refractivity contribution in [2.45, 2.75) is 37.1 Å². The number of hydrogen-bond acceptors (Lipinski definition) is 5. The molecule has 1 aromatic heterocycles. The lowest BCUT2D eigenvalue weighted by Gasteiger charge is -2.32. The molecule has 0 radical (unpaired) electrons. The van der Waals surface area contributed by atoms with E-state index in [4.69, 9.17) is 4.52 Å². The highest BCUT2D eigenvalue weighted by Crippen LogP contribution is 2.40. The van der Waals surface area contributed by atoms with Gasteiger partial charge in [0, 0.05) is 40.8 Å². The summed E-state index contributed by atoms with van der Waals surface area (Å²) < 4.78 is 45.8. The van der Waals surface area contributed by atoms with Gasteiger partial charge >= 0.3 is 0 Å². The van der Waals surface area contributed by atoms with E-state index in [1.165, 1.54) is 16.7 Å². The maximum Gasteiger partial charge on any atom is 0.251 e. The van der Waals surface area contributed by atoms with Gasteiger partial charge in [-0.3, -0.25) is 9.59 Å². The maximum atomic E-state index is 13.8. The van der Waals surface area contributed by atoms with Crippen LogP contribution in [0.1, 0.15) is 34.3 Å². The zero-order chi connectivity index (χ0) is 23.0. The van der Waals surface area contributed by atoms with Crippen LogP contribution in [-0.4, -0.2) is 22.2 Å². The van der Waals surface area contributed by atoms with Crippen LogP contribution in [-0.2, 0) is 17.9 Å². The second kappa shape index (κ2) is 8.70. The van der Waals surface area contributed by atoms with E-state index in [2.05, 4.69) is 10.5 Å². The van der Waals surface area contributed by atoms with Gasteiger partial charge < -0.3 is 14.7 Å². The van der Waals surface area contributed by atoms with E-state index in [-0.39, 0.29) is 23.3 Å². The molecular weight excluding hydrogens is 443 g/mol. The molecule has 1 aliphatic rings. The summed E-state index contributed by atoms with van der Waals surface area (Å²) in [6.07, 6.45) is 0. The first-order chi connectivity index (χ1) is 15.2. The minimum atomic E-state index is -1.08. The van der Waals surface area contributed by atoms with Crippen LogP contribution in [0.25, 0.3) is 0 Å². The fraction of sp³-hybridized carbons (Fsp3) is 0.227. The largest absolute Gasteiger partial charge is 0.361 e. The monoisotopic (exact) mass is 461 g/mol. The van der Waals surface area contributed by atoms with Gasteiger partial charge in [0.05, 0.1) is 17.5 Å². The third kappa shape index (κ3) is 4.36. The Hall–Kier alpha value is -3.27. The van der Waals surface area contributed by atoms with Crippen LogP contribution < -0.4 is 10.2 Å². The van der Waals surface area contributed by atoms with Gasteiger partial charge in [-0.2, -0.15) is 0 Å². The summed E-state index contributed by atoms with van der Waals surface area (Å²) >= 11 is 1.37. The van der Waals surface area contributed by atoms with Gasteiger partial charge in [-0.05, 0) is 32.0 Å². The Morgan fingerprint density at radius 2 is 1.91 bits per heavy atom. The smallest absolute Gasteiger partial charge is 0.251 e. The number of hydrogen-bond donors (Lipinski definition) is 1. The molecule has 10 heteroatoms. The Morgan fingerprint density at radius 1 is 1.19 bits per heavy atom. The topological polar surface area (TPSA) is 75.4 Å². The number of thioether (sulfide) groups is 1. The molecule has 0 aliphatic carbocycles. The number of rotatable bonds is 5. The lowest BCUT2D eigenvalue weighted by atomic mass is 10.1. The van der Waals surface area contributed by atoms with Crippen molar-refractivity contribution in [3.8, 4) is 0 Å². The maximum absolute atomic E-state index is 13.8. The van der Waals surface area contributed by atoms with E-state index in [0.29, 0.717) is 29.3 Å². The summed E-state index contributed by atoms with van der Waals surface area (Å²) in [5.74, 6) is -3.33. The van der Waals surface area contributed by atoms with Gasteiger partial charge in [-0.25, -0.2) is 13.2 Å². The number of aryl methyl sites for hydroxylation is 1. The number of carbonyl (C=O) groups is 2. The van der Waals surface area contributed by atoms with Gasteiger partial charge in [0.15, 0.2) is 0 Å². The SMILES string of the molecule is Cc1cc(CN2C(=O)C(C)Sc3ccc(C(=O)NCc4c(F)cc(F)cc4F)cc32)no1. The Morgan fingerprint density at radius 3 is 2.56 bits per heavy atom. The van der Waals surface area contributed by atoms with Gasteiger partial charge in [-0.1, -0.05) is 5.16 Å². The molecule has 1 N–H and O–H groups in total. The number of benzene rings is 2. The zero-order valence-electron chi connectivity index (χ0n) is 17.1. The molecular formula is C22H18F3N3O3S. The molecule has 0 fully saturated rings. The molecule has 3 aromatic rings. The predicted molar refractivity (Wildman–Crippen MR) is 112 cm³/mol. The van der Waals surface area contributed by atoms with Crippen LogP contribution in [0.5, 0.6) is 0 Å². The Kier molecular flexibility index (Phi) is 5.96. The van der Waals surface area contributed by atoms with Crippen molar-refractivity contribution in [3.05, 3.63) is 76.4 Å². The number of nitrogens with one attached hydrogen (secondary N) is 1. The van der Waals surface area contributed by atoms with E-state index in [9.17, 15) is 22.8 Å². The third-order valence-electron chi connectivity index (χ3n) is 4.96. The lowest BCUT2D eigenvalue weighted by molar-refractivity contribution is -0.118. The van der Waals surface area contributed by atoms with Gasteiger partial charge in [0.25, 0.3) is 5.91 Å². The van der Waals surface area contributed by atoms with E-state index in [1.54, 1.807) is 38.1 Å². The Bertz CT molecular complexity index is 1190. The van der Waals surface area contributed by atoms with Crippen molar-refractivity contribution in [2.75, 3.05) is 4.90 Å². The van der Waals surface area contributed by atoms with Gasteiger partial charge in [-0.15, -0.1) is 11.8 Å². The van der Waals surface area contributed by atoms with Crippen molar-refractivity contribution in [1.82, 2.24) is 10.5 Å². The van der Waals surface area contributed by atoms with Crippen molar-refractivity contribution in [2.24, 2.45) is 0 Å². The first-order valence-electron chi connectivity index (χ1n) is 9.69. The fourth-order valence-corrected chi connectivity index (χ4v) is 4.42. The fourth-order valence-electron chi connectivity index (χ4n) is 3.38. The quantitative estimate of drug-likeness (QED) is 0.611. The summed E-state index contributed by atoms with van der Waals surface area (Å²) in [5, 5.41) is 6.05. The molecule has 0 saturated carbocycles. The number of amides is 2. The Balaban J connectivity index is 1.58. The minimum absolute atomic E-state index is 0.142. The summed E-state index contributed by atoms with van der Waals surface area (Å²) in [5.41, 5.74) is 0.861. The molecule has 1 aliphatic heterocycles. The van der Waals surface area contributed by atoms with Crippen LogP contribution in [0.15, 0.2) is 45.8 Å². The second-order valence-electron chi connectivity index (χ2n) is 7.33. The lowest BCUT2D eigenvalue weighted by Crippen LogP contribution is -2.39. The second-order valence-corrected chi connectivity index (χ2v) is 8.71. The average molecular weight is 461 g/mol. The molecule has 0 spiro atoms. The van der Waals surface area contributed by atoms with Gasteiger partial charge in [0.1, 0.15) is 28.9 Å². The van der Waals surface area contributed by atoms with Crippen molar-refractivity contribution in [3.63, 3.8) is 0 Å². The molecule has 2 amide bonds. The summed E-state index contributed by atoms with van der Waals surface area (Å²) in [6.45, 7) is 3.26. The summed E-state index contributed by atoms with van der Waals surface area (Å²) in [7, 11) is 0. The van der Waals surface area contributed by atoms with Crippen LogP contribution in [0, 0.1) is 24.4 Å². The van der Waals surface area contributed by atoms with Crippen LogP contribution in [0.4, 0.5) is 18.9 Å².